The number of carbonyl (C=O) groups excluding carboxylic acids is 2. The van der Waals surface area contributed by atoms with Crippen LogP contribution in [-0.4, -0.2) is 17.9 Å². The third kappa shape index (κ3) is 3.80. The van der Waals surface area contributed by atoms with E-state index in [-0.39, 0.29) is 11.3 Å². The molecule has 4 nitrogen and oxygen atoms in total. The lowest BCUT2D eigenvalue weighted by Gasteiger charge is -2.12. The average molecular weight is 358 g/mol. The highest BCUT2D eigenvalue weighted by atomic mass is 79.9. The van der Waals surface area contributed by atoms with Crippen LogP contribution in [-0.2, 0) is 4.74 Å². The Kier molecular flexibility index (Phi) is 5.08. The van der Waals surface area contributed by atoms with E-state index < -0.39 is 12.1 Å². The number of ether oxygens (including phenoxy) is 1. The number of ketones is 1. The van der Waals surface area contributed by atoms with Gasteiger partial charge in [0.2, 0.25) is 5.78 Å². The van der Waals surface area contributed by atoms with E-state index in [4.69, 9.17) is 10.00 Å². The van der Waals surface area contributed by atoms with E-state index >= 15 is 0 Å². The quantitative estimate of drug-likeness (QED) is 0.617. The molecule has 22 heavy (non-hydrogen) atoms. The first-order chi connectivity index (χ1) is 10.5. The van der Waals surface area contributed by atoms with Crippen LogP contribution in [0.3, 0.4) is 0 Å². The van der Waals surface area contributed by atoms with Gasteiger partial charge in [-0.1, -0.05) is 34.1 Å². The van der Waals surface area contributed by atoms with Crippen molar-refractivity contribution in [2.45, 2.75) is 13.0 Å². The molecule has 0 aromatic heterocycles. The van der Waals surface area contributed by atoms with Gasteiger partial charge in [-0.25, -0.2) is 4.79 Å². The number of nitriles is 1. The fourth-order valence-electron chi connectivity index (χ4n) is 1.85. The van der Waals surface area contributed by atoms with Gasteiger partial charge in [0.15, 0.2) is 6.10 Å². The molecule has 0 saturated carbocycles. The maximum atomic E-state index is 12.2. The third-order valence-corrected chi connectivity index (χ3v) is 3.54. The highest BCUT2D eigenvalue weighted by molar-refractivity contribution is 9.10. The van der Waals surface area contributed by atoms with Crippen molar-refractivity contribution in [2.75, 3.05) is 0 Å². The van der Waals surface area contributed by atoms with Gasteiger partial charge in [0, 0.05) is 10.0 Å². The Hall–Kier alpha value is -2.45. The molecule has 0 aliphatic carbocycles. The van der Waals surface area contributed by atoms with Crippen LogP contribution in [0.4, 0.5) is 0 Å². The molecule has 0 aliphatic heterocycles. The Morgan fingerprint density at radius 2 is 1.82 bits per heavy atom. The molecule has 110 valence electrons. The molecule has 0 aliphatic rings. The molecule has 0 heterocycles. The highest BCUT2D eigenvalue weighted by Crippen LogP contribution is 2.14. The number of benzene rings is 2. The van der Waals surface area contributed by atoms with Crippen molar-refractivity contribution in [3.05, 3.63) is 69.7 Å². The molecule has 0 radical (unpaired) electrons. The van der Waals surface area contributed by atoms with Gasteiger partial charge in [-0.05, 0) is 37.3 Å². The minimum absolute atomic E-state index is 0.245. The van der Waals surface area contributed by atoms with Gasteiger partial charge < -0.3 is 4.74 Å². The van der Waals surface area contributed by atoms with Gasteiger partial charge in [0.1, 0.15) is 0 Å². The van der Waals surface area contributed by atoms with Crippen molar-refractivity contribution < 1.29 is 14.3 Å². The first-order valence-corrected chi connectivity index (χ1v) is 7.31. The molecule has 0 spiro atoms. The van der Waals surface area contributed by atoms with Crippen molar-refractivity contribution in [3.8, 4) is 6.07 Å². The SMILES string of the molecule is C[C@@H](OC(=O)c1cccc(C#N)c1)C(=O)c1ccc(Br)cc1. The van der Waals surface area contributed by atoms with Gasteiger partial charge in [0.05, 0.1) is 17.2 Å². The number of hydrogen-bond donors (Lipinski definition) is 0. The number of Topliss-reactive ketones (excluding diaryl/α,β-unsaturated/α-hetero) is 1. The van der Waals surface area contributed by atoms with E-state index in [1.807, 2.05) is 6.07 Å². The summed E-state index contributed by atoms with van der Waals surface area (Å²) >= 11 is 3.29. The summed E-state index contributed by atoms with van der Waals surface area (Å²) in [6.07, 6.45) is -0.903. The van der Waals surface area contributed by atoms with E-state index in [1.165, 1.54) is 13.0 Å². The minimum Gasteiger partial charge on any atom is -0.451 e. The number of carbonyl (C=O) groups is 2. The number of hydrogen-bond acceptors (Lipinski definition) is 4. The number of nitrogens with zero attached hydrogens (tertiary/aromatic N) is 1. The summed E-state index contributed by atoms with van der Waals surface area (Å²) in [5, 5.41) is 8.82. The van der Waals surface area contributed by atoms with E-state index in [9.17, 15) is 9.59 Å². The van der Waals surface area contributed by atoms with Crippen molar-refractivity contribution in [1.29, 1.82) is 5.26 Å². The standard InChI is InChI=1S/C17H12BrNO3/c1-11(16(20)13-5-7-15(18)8-6-13)22-17(21)14-4-2-3-12(9-14)10-19/h2-9,11H,1H3/t11-/m1/s1. The topological polar surface area (TPSA) is 67.2 Å². The zero-order valence-electron chi connectivity index (χ0n) is 11.7. The summed E-state index contributed by atoms with van der Waals surface area (Å²) in [7, 11) is 0. The monoisotopic (exact) mass is 357 g/mol. The predicted molar refractivity (Wildman–Crippen MR) is 84.5 cm³/mol. The lowest BCUT2D eigenvalue weighted by Crippen LogP contribution is -2.24. The zero-order chi connectivity index (χ0) is 16.1. The number of rotatable bonds is 4. The Morgan fingerprint density at radius 1 is 1.14 bits per heavy atom. The Morgan fingerprint density at radius 3 is 2.45 bits per heavy atom. The maximum Gasteiger partial charge on any atom is 0.338 e. The number of halogens is 1. The second-order valence-electron chi connectivity index (χ2n) is 4.61. The van der Waals surface area contributed by atoms with E-state index in [2.05, 4.69) is 15.9 Å². The molecule has 2 aromatic rings. The van der Waals surface area contributed by atoms with Crippen LogP contribution in [0.5, 0.6) is 0 Å². The smallest absolute Gasteiger partial charge is 0.338 e. The largest absolute Gasteiger partial charge is 0.451 e. The Labute approximate surface area is 136 Å². The lowest BCUT2D eigenvalue weighted by molar-refractivity contribution is 0.0319. The van der Waals surface area contributed by atoms with Crippen LogP contribution in [0, 0.1) is 11.3 Å². The average Bonchev–Trinajstić information content (AvgIpc) is 2.54. The molecule has 2 aromatic carbocycles. The molecule has 1 atom stereocenters. The van der Waals surface area contributed by atoms with Gasteiger partial charge in [-0.3, -0.25) is 4.79 Å². The summed E-state index contributed by atoms with van der Waals surface area (Å²) in [6.45, 7) is 1.52. The Bertz CT molecular complexity index is 747. The van der Waals surface area contributed by atoms with Crippen LogP contribution in [0.2, 0.25) is 0 Å². The molecule has 0 fully saturated rings. The van der Waals surface area contributed by atoms with Crippen molar-refractivity contribution >= 4 is 27.7 Å². The van der Waals surface area contributed by atoms with Gasteiger partial charge >= 0.3 is 5.97 Å². The second-order valence-corrected chi connectivity index (χ2v) is 5.53. The van der Waals surface area contributed by atoms with Crippen molar-refractivity contribution in [2.24, 2.45) is 0 Å². The molecule has 0 bridgehead atoms. The van der Waals surface area contributed by atoms with Gasteiger partial charge in [-0.2, -0.15) is 5.26 Å². The first-order valence-electron chi connectivity index (χ1n) is 6.52. The number of esters is 1. The van der Waals surface area contributed by atoms with Crippen molar-refractivity contribution in [3.63, 3.8) is 0 Å². The van der Waals surface area contributed by atoms with Crippen LogP contribution < -0.4 is 0 Å². The molecule has 0 saturated heterocycles. The van der Waals surface area contributed by atoms with E-state index in [0.29, 0.717) is 11.1 Å². The second kappa shape index (κ2) is 7.01. The summed E-state index contributed by atoms with van der Waals surface area (Å²) in [4.78, 5) is 24.2. The summed E-state index contributed by atoms with van der Waals surface area (Å²) in [6, 6.07) is 14.9. The predicted octanol–water partition coefficient (Wildman–Crippen LogP) is 3.75. The molecular weight excluding hydrogens is 346 g/mol. The third-order valence-electron chi connectivity index (χ3n) is 3.01. The van der Waals surface area contributed by atoms with Gasteiger partial charge in [-0.15, -0.1) is 0 Å². The van der Waals surface area contributed by atoms with Crippen LogP contribution >= 0.6 is 15.9 Å². The van der Waals surface area contributed by atoms with E-state index in [1.54, 1.807) is 42.5 Å². The van der Waals surface area contributed by atoms with Crippen LogP contribution in [0.1, 0.15) is 33.2 Å². The minimum atomic E-state index is -0.903. The summed E-state index contributed by atoms with van der Waals surface area (Å²) in [5.41, 5.74) is 1.07. The molecule has 5 heteroatoms. The summed E-state index contributed by atoms with van der Waals surface area (Å²) < 4.78 is 6.04. The van der Waals surface area contributed by atoms with Crippen molar-refractivity contribution in [1.82, 2.24) is 0 Å². The highest BCUT2D eigenvalue weighted by Gasteiger charge is 2.20. The fourth-order valence-corrected chi connectivity index (χ4v) is 2.11. The normalized spacial score (nSPS) is 11.3. The summed E-state index contributed by atoms with van der Waals surface area (Å²) in [5.74, 6) is -0.910. The zero-order valence-corrected chi connectivity index (χ0v) is 13.3. The van der Waals surface area contributed by atoms with Crippen LogP contribution in [0.15, 0.2) is 53.0 Å². The fraction of sp³-hybridized carbons (Fsp3) is 0.118. The molecule has 2 rings (SSSR count). The molecule has 0 N–H and O–H groups in total. The Balaban J connectivity index is 2.09. The van der Waals surface area contributed by atoms with Crippen LogP contribution in [0.25, 0.3) is 0 Å². The molecule has 0 amide bonds. The first kappa shape index (κ1) is 15.9. The van der Waals surface area contributed by atoms with Gasteiger partial charge in [0.25, 0.3) is 0 Å². The van der Waals surface area contributed by atoms with E-state index in [0.717, 1.165) is 4.47 Å². The molecular formula is C17H12BrNO3. The lowest BCUT2D eigenvalue weighted by atomic mass is 10.1. The molecule has 0 unspecified atom stereocenters. The maximum absolute atomic E-state index is 12.2.